The topological polar surface area (TPSA) is 79.2 Å². The van der Waals surface area contributed by atoms with Crippen LogP contribution in [0, 0.1) is 0 Å². The minimum Gasteiger partial charge on any atom is -0.504 e. The Labute approximate surface area is 122 Å². The van der Waals surface area contributed by atoms with Crippen LogP contribution in [0.2, 0.25) is 0 Å². The summed E-state index contributed by atoms with van der Waals surface area (Å²) < 4.78 is 10.6. The van der Waals surface area contributed by atoms with Gasteiger partial charge in [-0.15, -0.1) is 0 Å². The van der Waals surface area contributed by atoms with Gasteiger partial charge < -0.3 is 24.8 Å². The number of rotatable bonds is 2. The summed E-state index contributed by atoms with van der Waals surface area (Å²) in [5.41, 5.74) is 2.95. The molecule has 0 saturated carbocycles. The summed E-state index contributed by atoms with van der Waals surface area (Å²) in [6.45, 7) is 0. The monoisotopic (exact) mass is 288 g/mol. The van der Waals surface area contributed by atoms with Crippen LogP contribution in [0.1, 0.15) is 11.1 Å². The highest BCUT2D eigenvalue weighted by atomic mass is 16.5. The Kier molecular flexibility index (Phi) is 3.05. The van der Waals surface area contributed by atoms with Crippen LogP contribution >= 0.6 is 0 Å². The molecule has 0 spiro atoms. The molecule has 3 N–H and O–H groups in total. The molecule has 1 aliphatic rings. The van der Waals surface area contributed by atoms with Gasteiger partial charge in [0.05, 0.1) is 14.2 Å². The van der Waals surface area contributed by atoms with Gasteiger partial charge in [0.25, 0.3) is 0 Å². The van der Waals surface area contributed by atoms with Gasteiger partial charge in [0.1, 0.15) is 0 Å². The standard InChI is InChI=1S/C16H16O5/c1-20-15-11(18)7-9-4-3-8-5-6-10(17)14(19)12(8)13(9)16(15)21-2/h5-7,17-19H,3-4H2,1-2H3. The normalized spacial score (nSPS) is 12.5. The van der Waals surface area contributed by atoms with Crippen molar-refractivity contribution < 1.29 is 24.8 Å². The van der Waals surface area contributed by atoms with Crippen LogP contribution in [0.25, 0.3) is 11.1 Å². The molecule has 5 nitrogen and oxygen atoms in total. The van der Waals surface area contributed by atoms with Gasteiger partial charge in [-0.2, -0.15) is 0 Å². The summed E-state index contributed by atoms with van der Waals surface area (Å²) in [5, 5.41) is 30.0. The maximum absolute atomic E-state index is 10.2. The van der Waals surface area contributed by atoms with Crippen LogP contribution in [0.4, 0.5) is 0 Å². The number of ether oxygens (including phenoxy) is 2. The van der Waals surface area contributed by atoms with Crippen molar-refractivity contribution in [1.29, 1.82) is 0 Å². The van der Waals surface area contributed by atoms with E-state index in [0.717, 1.165) is 11.1 Å². The summed E-state index contributed by atoms with van der Waals surface area (Å²) in [7, 11) is 2.92. The minimum absolute atomic E-state index is 0.00353. The Bertz CT molecular complexity index is 721. The molecule has 0 radical (unpaired) electrons. The van der Waals surface area contributed by atoms with Crippen LogP contribution in [-0.4, -0.2) is 29.5 Å². The van der Waals surface area contributed by atoms with Gasteiger partial charge in [-0.3, -0.25) is 0 Å². The van der Waals surface area contributed by atoms with Gasteiger partial charge >= 0.3 is 0 Å². The van der Waals surface area contributed by atoms with Gasteiger partial charge in [0.15, 0.2) is 23.0 Å². The number of phenolic OH excluding ortho intramolecular Hbond substituents is 3. The second-order valence-corrected chi connectivity index (χ2v) is 4.96. The second kappa shape index (κ2) is 4.77. The summed E-state index contributed by atoms with van der Waals surface area (Å²) in [6, 6.07) is 4.87. The molecule has 2 aromatic carbocycles. The highest BCUT2D eigenvalue weighted by molar-refractivity contribution is 5.87. The molecule has 0 unspecified atom stereocenters. The van der Waals surface area contributed by atoms with E-state index < -0.39 is 0 Å². The molecule has 0 bridgehead atoms. The van der Waals surface area contributed by atoms with Crippen molar-refractivity contribution in [2.45, 2.75) is 12.8 Å². The predicted octanol–water partition coefficient (Wildman–Crippen LogP) is 2.59. The van der Waals surface area contributed by atoms with E-state index in [1.165, 1.54) is 20.3 Å². The Morgan fingerprint density at radius 3 is 2.14 bits per heavy atom. The molecule has 110 valence electrons. The minimum atomic E-state index is -0.185. The SMILES string of the molecule is COc1c(O)cc2c(c1OC)-c1c(ccc(O)c1O)CC2. The van der Waals surface area contributed by atoms with E-state index in [1.54, 1.807) is 12.1 Å². The molecule has 2 aromatic rings. The van der Waals surface area contributed by atoms with E-state index in [9.17, 15) is 15.3 Å². The molecule has 0 atom stereocenters. The zero-order chi connectivity index (χ0) is 15.1. The summed E-state index contributed by atoms with van der Waals surface area (Å²) in [4.78, 5) is 0. The first-order valence-corrected chi connectivity index (χ1v) is 6.59. The Hall–Kier alpha value is -2.56. The lowest BCUT2D eigenvalue weighted by Crippen LogP contribution is -2.07. The van der Waals surface area contributed by atoms with Crippen molar-refractivity contribution in [2.24, 2.45) is 0 Å². The third-order valence-electron chi connectivity index (χ3n) is 3.86. The fourth-order valence-corrected chi connectivity index (χ4v) is 2.92. The fourth-order valence-electron chi connectivity index (χ4n) is 2.92. The first-order chi connectivity index (χ1) is 10.1. The molecule has 21 heavy (non-hydrogen) atoms. The Balaban J connectivity index is 2.40. The highest BCUT2D eigenvalue weighted by Gasteiger charge is 2.28. The quantitative estimate of drug-likeness (QED) is 0.740. The maximum atomic E-state index is 10.2. The number of fused-ring (bicyclic) bond motifs is 3. The van der Waals surface area contributed by atoms with Crippen molar-refractivity contribution in [3.8, 4) is 39.9 Å². The number of phenols is 3. The van der Waals surface area contributed by atoms with E-state index in [4.69, 9.17) is 9.47 Å². The first-order valence-electron chi connectivity index (χ1n) is 6.59. The number of aromatic hydroxyl groups is 3. The molecule has 5 heteroatoms. The largest absolute Gasteiger partial charge is 0.504 e. The van der Waals surface area contributed by atoms with E-state index in [2.05, 4.69) is 0 Å². The van der Waals surface area contributed by atoms with Gasteiger partial charge in [-0.25, -0.2) is 0 Å². The van der Waals surface area contributed by atoms with Crippen molar-refractivity contribution in [1.82, 2.24) is 0 Å². The molecule has 1 aliphatic carbocycles. The third kappa shape index (κ3) is 1.85. The van der Waals surface area contributed by atoms with Gasteiger partial charge in [-0.05, 0) is 36.1 Å². The van der Waals surface area contributed by atoms with Crippen molar-refractivity contribution >= 4 is 0 Å². The Morgan fingerprint density at radius 1 is 0.810 bits per heavy atom. The molecule has 0 heterocycles. The maximum Gasteiger partial charge on any atom is 0.203 e. The average Bonchev–Trinajstić information content (AvgIpc) is 2.49. The number of aryl methyl sites for hydroxylation is 2. The fraction of sp³-hybridized carbons (Fsp3) is 0.250. The number of hydrogen-bond acceptors (Lipinski definition) is 5. The molecular formula is C16H16O5. The number of benzene rings is 2. The zero-order valence-corrected chi connectivity index (χ0v) is 11.8. The predicted molar refractivity (Wildman–Crippen MR) is 77.4 cm³/mol. The van der Waals surface area contributed by atoms with Crippen LogP contribution in [-0.2, 0) is 12.8 Å². The molecule has 0 saturated heterocycles. The van der Waals surface area contributed by atoms with Crippen molar-refractivity contribution in [3.63, 3.8) is 0 Å². The van der Waals surface area contributed by atoms with Gasteiger partial charge in [0.2, 0.25) is 5.75 Å². The van der Waals surface area contributed by atoms with Crippen molar-refractivity contribution in [3.05, 3.63) is 29.3 Å². The summed E-state index contributed by atoms with van der Waals surface area (Å²) in [5.74, 6) is 0.201. The van der Waals surface area contributed by atoms with Crippen LogP contribution in [0.3, 0.4) is 0 Å². The van der Waals surface area contributed by atoms with E-state index >= 15 is 0 Å². The molecule has 0 fully saturated rings. The lowest BCUT2D eigenvalue weighted by Gasteiger charge is -2.25. The summed E-state index contributed by atoms with van der Waals surface area (Å²) in [6.07, 6.45) is 1.42. The molecular weight excluding hydrogens is 272 g/mol. The molecule has 0 aromatic heterocycles. The smallest absolute Gasteiger partial charge is 0.203 e. The van der Waals surface area contributed by atoms with E-state index in [1.807, 2.05) is 0 Å². The average molecular weight is 288 g/mol. The lowest BCUT2D eigenvalue weighted by molar-refractivity contribution is 0.333. The lowest BCUT2D eigenvalue weighted by atomic mass is 9.84. The van der Waals surface area contributed by atoms with E-state index in [0.29, 0.717) is 29.7 Å². The van der Waals surface area contributed by atoms with Crippen molar-refractivity contribution in [2.75, 3.05) is 14.2 Å². The van der Waals surface area contributed by atoms with Crippen LogP contribution in [0.5, 0.6) is 28.7 Å². The third-order valence-corrected chi connectivity index (χ3v) is 3.86. The first kappa shape index (κ1) is 13.4. The molecule has 0 aliphatic heterocycles. The second-order valence-electron chi connectivity index (χ2n) is 4.96. The van der Waals surface area contributed by atoms with Gasteiger partial charge in [0, 0.05) is 11.1 Å². The van der Waals surface area contributed by atoms with Crippen LogP contribution in [0.15, 0.2) is 18.2 Å². The van der Waals surface area contributed by atoms with Gasteiger partial charge in [-0.1, -0.05) is 6.07 Å². The van der Waals surface area contributed by atoms with E-state index in [-0.39, 0.29) is 23.0 Å². The van der Waals surface area contributed by atoms with Crippen LogP contribution < -0.4 is 9.47 Å². The highest BCUT2D eigenvalue weighted by Crippen LogP contribution is 2.53. The molecule has 0 amide bonds. The Morgan fingerprint density at radius 2 is 1.48 bits per heavy atom. The summed E-state index contributed by atoms with van der Waals surface area (Å²) >= 11 is 0. The zero-order valence-electron chi connectivity index (χ0n) is 11.8. The molecule has 3 rings (SSSR count). The number of hydrogen-bond donors (Lipinski definition) is 3. The number of methoxy groups -OCH3 is 2.